The number of thioether (sulfide) groups is 1. The number of carbonyl (C=O) groups is 1. The fraction of sp³-hybridized carbons (Fsp3) is 0.125. The van der Waals surface area contributed by atoms with Gasteiger partial charge < -0.3 is 5.32 Å². The summed E-state index contributed by atoms with van der Waals surface area (Å²) < 4.78 is 0. The Morgan fingerprint density at radius 1 is 1.29 bits per heavy atom. The van der Waals surface area contributed by atoms with Crippen LogP contribution in [-0.4, -0.2) is 16.0 Å². The summed E-state index contributed by atoms with van der Waals surface area (Å²) in [6.07, 6.45) is 1.64. The largest absolute Gasteiger partial charge is 0.324 e. The van der Waals surface area contributed by atoms with Crippen LogP contribution in [0.5, 0.6) is 0 Å². The Hall–Kier alpha value is -2.45. The highest BCUT2D eigenvalue weighted by atomic mass is 32.2. The van der Waals surface area contributed by atoms with Crippen LogP contribution in [0.2, 0.25) is 0 Å². The Kier molecular flexibility index (Phi) is 4.50. The molecule has 1 aromatic heterocycles. The van der Waals surface area contributed by atoms with Crippen LogP contribution in [0.1, 0.15) is 16.7 Å². The van der Waals surface area contributed by atoms with Crippen molar-refractivity contribution in [2.45, 2.75) is 13.8 Å². The highest BCUT2D eigenvalue weighted by Crippen LogP contribution is 2.32. The first kappa shape index (κ1) is 16.4. The molecule has 1 aliphatic heterocycles. The Bertz CT molecular complexity index is 879. The van der Waals surface area contributed by atoms with Crippen LogP contribution in [0.4, 0.5) is 10.7 Å². The van der Waals surface area contributed by atoms with E-state index in [9.17, 15) is 14.9 Å². The van der Waals surface area contributed by atoms with Crippen molar-refractivity contribution in [3.05, 3.63) is 61.4 Å². The van der Waals surface area contributed by atoms with E-state index in [1.807, 2.05) is 32.0 Å². The second-order valence-corrected chi connectivity index (χ2v) is 7.12. The minimum absolute atomic E-state index is 0.0506. The third-order valence-corrected chi connectivity index (χ3v) is 5.20. The number of benzene rings is 1. The average molecular weight is 359 g/mol. The van der Waals surface area contributed by atoms with E-state index in [2.05, 4.69) is 10.3 Å². The van der Waals surface area contributed by atoms with Crippen LogP contribution in [0.15, 0.2) is 39.5 Å². The first-order valence-corrected chi connectivity index (χ1v) is 8.72. The number of amidine groups is 1. The van der Waals surface area contributed by atoms with Gasteiger partial charge in [0.1, 0.15) is 0 Å². The zero-order valence-electron chi connectivity index (χ0n) is 12.9. The monoisotopic (exact) mass is 359 g/mol. The molecular formula is C16H13N3O3S2. The van der Waals surface area contributed by atoms with E-state index in [0.717, 1.165) is 28.2 Å². The first-order valence-electron chi connectivity index (χ1n) is 7.03. The van der Waals surface area contributed by atoms with Gasteiger partial charge in [0.15, 0.2) is 5.17 Å². The molecule has 0 radical (unpaired) electrons. The Morgan fingerprint density at radius 3 is 2.62 bits per heavy atom. The number of aryl methyl sites for hydroxylation is 2. The normalized spacial score (nSPS) is 17.5. The van der Waals surface area contributed by atoms with Crippen LogP contribution in [-0.2, 0) is 4.79 Å². The Labute approximate surface area is 146 Å². The van der Waals surface area contributed by atoms with Crippen molar-refractivity contribution in [1.29, 1.82) is 0 Å². The molecule has 1 saturated heterocycles. The second kappa shape index (κ2) is 6.58. The van der Waals surface area contributed by atoms with Gasteiger partial charge in [-0.05, 0) is 48.4 Å². The molecule has 2 aromatic rings. The van der Waals surface area contributed by atoms with Crippen molar-refractivity contribution in [3.63, 3.8) is 0 Å². The molecule has 0 saturated carbocycles. The summed E-state index contributed by atoms with van der Waals surface area (Å²) in [5, 5.41) is 15.7. The quantitative estimate of drug-likeness (QED) is 0.506. The van der Waals surface area contributed by atoms with Gasteiger partial charge in [0, 0.05) is 11.4 Å². The molecule has 0 bridgehead atoms. The molecule has 1 aliphatic rings. The summed E-state index contributed by atoms with van der Waals surface area (Å²) in [6.45, 7) is 3.93. The molecule has 0 aliphatic carbocycles. The number of thiophene rings is 1. The van der Waals surface area contributed by atoms with Crippen LogP contribution in [0.3, 0.4) is 0 Å². The van der Waals surface area contributed by atoms with Crippen molar-refractivity contribution in [2.75, 3.05) is 0 Å². The number of para-hydroxylation sites is 1. The van der Waals surface area contributed by atoms with E-state index in [-0.39, 0.29) is 10.9 Å². The van der Waals surface area contributed by atoms with Gasteiger partial charge >= 0.3 is 5.00 Å². The lowest BCUT2D eigenvalue weighted by Gasteiger charge is -2.04. The molecule has 8 heteroatoms. The molecule has 1 amide bonds. The van der Waals surface area contributed by atoms with E-state index in [1.54, 1.807) is 11.5 Å². The summed E-state index contributed by atoms with van der Waals surface area (Å²) >= 11 is 2.26. The zero-order chi connectivity index (χ0) is 17.3. The average Bonchev–Trinajstić information content (AvgIpc) is 3.11. The topological polar surface area (TPSA) is 84.6 Å². The van der Waals surface area contributed by atoms with Crippen LogP contribution < -0.4 is 5.32 Å². The van der Waals surface area contributed by atoms with Gasteiger partial charge in [-0.25, -0.2) is 4.99 Å². The number of hydrogen-bond acceptors (Lipinski definition) is 6. The van der Waals surface area contributed by atoms with E-state index in [4.69, 9.17) is 0 Å². The molecule has 1 aromatic carbocycles. The molecule has 1 fully saturated rings. The third-order valence-electron chi connectivity index (χ3n) is 3.39. The van der Waals surface area contributed by atoms with Crippen molar-refractivity contribution >= 4 is 50.9 Å². The van der Waals surface area contributed by atoms with Gasteiger partial charge in [0.25, 0.3) is 5.91 Å². The van der Waals surface area contributed by atoms with Gasteiger partial charge in [-0.3, -0.25) is 14.9 Å². The van der Waals surface area contributed by atoms with E-state index in [0.29, 0.717) is 15.6 Å². The number of carbonyl (C=O) groups excluding carboxylic acids is 1. The predicted molar refractivity (Wildman–Crippen MR) is 97.7 cm³/mol. The standard InChI is InChI=1S/C16H13N3O3S2/c1-9-4-3-5-10(2)14(9)17-16-18-15(20)12(24-16)6-11-7-13(19(21)22)23-8-11/h3-8H,1-2H3,(H,17,18,20)/b12-6+. The lowest BCUT2D eigenvalue weighted by atomic mass is 10.1. The number of amides is 1. The lowest BCUT2D eigenvalue weighted by Crippen LogP contribution is -2.19. The molecule has 3 rings (SSSR count). The van der Waals surface area contributed by atoms with Gasteiger partial charge in [-0.15, -0.1) is 0 Å². The molecule has 0 unspecified atom stereocenters. The summed E-state index contributed by atoms with van der Waals surface area (Å²) in [6, 6.07) is 7.35. The number of hydrogen-bond donors (Lipinski definition) is 1. The van der Waals surface area contributed by atoms with Crippen LogP contribution in [0.25, 0.3) is 6.08 Å². The minimum Gasteiger partial charge on any atom is -0.300 e. The lowest BCUT2D eigenvalue weighted by molar-refractivity contribution is -0.380. The number of rotatable bonds is 3. The summed E-state index contributed by atoms with van der Waals surface area (Å²) in [5.41, 5.74) is 3.54. The fourth-order valence-corrected chi connectivity index (χ4v) is 3.74. The molecular weight excluding hydrogens is 346 g/mol. The first-order chi connectivity index (χ1) is 11.4. The molecule has 0 atom stereocenters. The van der Waals surface area contributed by atoms with Crippen LogP contribution in [0, 0.1) is 24.0 Å². The smallest absolute Gasteiger partial charge is 0.300 e. The van der Waals surface area contributed by atoms with Crippen molar-refractivity contribution in [1.82, 2.24) is 5.32 Å². The van der Waals surface area contributed by atoms with Crippen molar-refractivity contribution in [2.24, 2.45) is 4.99 Å². The van der Waals surface area contributed by atoms with Gasteiger partial charge in [-0.1, -0.05) is 29.5 Å². The van der Waals surface area contributed by atoms with E-state index in [1.165, 1.54) is 17.8 Å². The highest BCUT2D eigenvalue weighted by molar-refractivity contribution is 8.18. The molecule has 24 heavy (non-hydrogen) atoms. The number of nitro groups is 1. The Morgan fingerprint density at radius 2 is 2.00 bits per heavy atom. The molecule has 1 N–H and O–H groups in total. The van der Waals surface area contributed by atoms with Crippen LogP contribution >= 0.6 is 23.1 Å². The molecule has 2 heterocycles. The fourth-order valence-electron chi connectivity index (χ4n) is 2.23. The zero-order valence-corrected chi connectivity index (χ0v) is 14.5. The van der Waals surface area contributed by atoms with E-state index >= 15 is 0 Å². The third kappa shape index (κ3) is 3.39. The van der Waals surface area contributed by atoms with Gasteiger partial charge in [0.2, 0.25) is 0 Å². The van der Waals surface area contributed by atoms with Gasteiger partial charge in [0.05, 0.1) is 15.5 Å². The minimum atomic E-state index is -0.442. The maximum absolute atomic E-state index is 12.1. The maximum atomic E-state index is 12.1. The van der Waals surface area contributed by atoms with Gasteiger partial charge in [-0.2, -0.15) is 0 Å². The summed E-state index contributed by atoms with van der Waals surface area (Å²) in [7, 11) is 0. The van der Waals surface area contributed by atoms with Crippen molar-refractivity contribution in [3.8, 4) is 0 Å². The SMILES string of the molecule is Cc1cccc(C)c1N=C1NC(=O)/C(=C\c2csc([N+](=O)[O-])c2)S1. The van der Waals surface area contributed by atoms with E-state index < -0.39 is 4.92 Å². The number of aliphatic imine (C=N–C) groups is 1. The second-order valence-electron chi connectivity index (χ2n) is 5.20. The predicted octanol–water partition coefficient (Wildman–Crippen LogP) is 4.16. The van der Waals surface area contributed by atoms with Crippen molar-refractivity contribution < 1.29 is 9.72 Å². The molecule has 122 valence electrons. The summed E-state index contributed by atoms with van der Waals surface area (Å²) in [5.74, 6) is -0.251. The maximum Gasteiger partial charge on any atom is 0.324 e. The highest BCUT2D eigenvalue weighted by Gasteiger charge is 2.24. The number of nitrogens with one attached hydrogen (secondary N) is 1. The molecule has 0 spiro atoms. The number of nitrogens with zero attached hydrogens (tertiary/aromatic N) is 2. The summed E-state index contributed by atoms with van der Waals surface area (Å²) in [4.78, 5) is 27.4. The Balaban J connectivity index is 1.86. The molecule has 6 nitrogen and oxygen atoms in total.